The van der Waals surface area contributed by atoms with Gasteiger partial charge in [0.2, 0.25) is 0 Å². The van der Waals surface area contributed by atoms with E-state index in [2.05, 4.69) is 10.1 Å². The average molecular weight is 254 g/mol. The number of nitrogens with zero attached hydrogens (tertiary/aromatic N) is 3. The first-order valence-corrected chi connectivity index (χ1v) is 6.96. The van der Waals surface area contributed by atoms with E-state index in [0.717, 1.165) is 11.3 Å². The van der Waals surface area contributed by atoms with E-state index in [4.69, 9.17) is 11.6 Å². The standard InChI is InChI=1S/C11H12ClN3S/c12-10-7-9(8-2-5-16-6-3-8)14-11-1-4-13-15(10)11/h1,4,7-8H,2-3,5-6H2. The molecule has 3 heterocycles. The van der Waals surface area contributed by atoms with Crippen molar-refractivity contribution in [2.75, 3.05) is 11.5 Å². The smallest absolute Gasteiger partial charge is 0.156 e. The van der Waals surface area contributed by atoms with Crippen LogP contribution in [0, 0.1) is 0 Å². The first-order valence-electron chi connectivity index (χ1n) is 5.42. The molecule has 0 spiro atoms. The number of hydrogen-bond acceptors (Lipinski definition) is 3. The number of rotatable bonds is 1. The molecule has 3 rings (SSSR count). The highest BCUT2D eigenvalue weighted by Gasteiger charge is 2.18. The third kappa shape index (κ3) is 1.80. The zero-order valence-electron chi connectivity index (χ0n) is 8.77. The van der Waals surface area contributed by atoms with Crippen LogP contribution in [0.5, 0.6) is 0 Å². The molecule has 1 aliphatic rings. The number of thioether (sulfide) groups is 1. The minimum Gasteiger partial charge on any atom is -0.233 e. The van der Waals surface area contributed by atoms with Crippen LogP contribution < -0.4 is 0 Å². The summed E-state index contributed by atoms with van der Waals surface area (Å²) in [5.41, 5.74) is 1.97. The van der Waals surface area contributed by atoms with E-state index >= 15 is 0 Å². The van der Waals surface area contributed by atoms with Crippen LogP contribution in [0.25, 0.3) is 5.65 Å². The van der Waals surface area contributed by atoms with Crippen molar-refractivity contribution >= 4 is 29.0 Å². The molecule has 0 saturated carbocycles. The van der Waals surface area contributed by atoms with Gasteiger partial charge < -0.3 is 0 Å². The van der Waals surface area contributed by atoms with Crippen LogP contribution in [0.2, 0.25) is 5.15 Å². The van der Waals surface area contributed by atoms with Crippen LogP contribution >= 0.6 is 23.4 Å². The molecule has 3 nitrogen and oxygen atoms in total. The molecule has 0 amide bonds. The Morgan fingerprint density at radius 1 is 1.38 bits per heavy atom. The van der Waals surface area contributed by atoms with Crippen LogP contribution in [0.15, 0.2) is 18.3 Å². The number of hydrogen-bond donors (Lipinski definition) is 0. The summed E-state index contributed by atoms with van der Waals surface area (Å²) in [6, 6.07) is 3.86. The van der Waals surface area contributed by atoms with Crippen LogP contribution in [0.1, 0.15) is 24.5 Å². The second-order valence-corrected chi connectivity index (χ2v) is 5.60. The molecular formula is C11H12ClN3S. The van der Waals surface area contributed by atoms with Crippen molar-refractivity contribution in [1.82, 2.24) is 14.6 Å². The van der Waals surface area contributed by atoms with Crippen LogP contribution in [0.3, 0.4) is 0 Å². The summed E-state index contributed by atoms with van der Waals surface area (Å²) >= 11 is 8.20. The minimum atomic E-state index is 0.568. The Morgan fingerprint density at radius 3 is 3.00 bits per heavy atom. The summed E-state index contributed by atoms with van der Waals surface area (Å²) in [6.45, 7) is 0. The lowest BCUT2D eigenvalue weighted by atomic mass is 9.99. The zero-order chi connectivity index (χ0) is 11.0. The van der Waals surface area contributed by atoms with Gasteiger partial charge in [0, 0.05) is 17.7 Å². The summed E-state index contributed by atoms with van der Waals surface area (Å²) in [5.74, 6) is 3.03. The maximum absolute atomic E-state index is 6.18. The van der Waals surface area contributed by atoms with Gasteiger partial charge in [0.25, 0.3) is 0 Å². The molecule has 0 atom stereocenters. The summed E-state index contributed by atoms with van der Waals surface area (Å²) in [7, 11) is 0. The predicted octanol–water partition coefficient (Wildman–Crippen LogP) is 2.99. The van der Waals surface area contributed by atoms with Gasteiger partial charge in [-0.1, -0.05) is 11.6 Å². The van der Waals surface area contributed by atoms with Crippen LogP contribution in [-0.4, -0.2) is 26.1 Å². The fraction of sp³-hybridized carbons (Fsp3) is 0.455. The monoisotopic (exact) mass is 253 g/mol. The van der Waals surface area contributed by atoms with Crippen molar-refractivity contribution in [3.05, 3.63) is 29.2 Å². The first kappa shape index (κ1) is 10.4. The second-order valence-electron chi connectivity index (χ2n) is 3.99. The maximum Gasteiger partial charge on any atom is 0.156 e. The van der Waals surface area contributed by atoms with Gasteiger partial charge in [0.1, 0.15) is 5.15 Å². The summed E-state index contributed by atoms with van der Waals surface area (Å²) in [5, 5.41) is 4.78. The van der Waals surface area contributed by atoms with E-state index in [9.17, 15) is 0 Å². The molecule has 1 fully saturated rings. The lowest BCUT2D eigenvalue weighted by Gasteiger charge is -2.20. The second kappa shape index (κ2) is 4.26. The normalized spacial score (nSPS) is 18.1. The molecule has 2 aromatic heterocycles. The fourth-order valence-electron chi connectivity index (χ4n) is 2.10. The molecule has 0 N–H and O–H groups in total. The van der Waals surface area contributed by atoms with Crippen molar-refractivity contribution in [2.24, 2.45) is 0 Å². The Kier molecular flexibility index (Phi) is 2.77. The van der Waals surface area contributed by atoms with Gasteiger partial charge in [0.05, 0.1) is 6.20 Å². The highest BCUT2D eigenvalue weighted by Crippen LogP contribution is 2.31. The van der Waals surface area contributed by atoms with Crippen molar-refractivity contribution in [3.8, 4) is 0 Å². The van der Waals surface area contributed by atoms with Crippen molar-refractivity contribution < 1.29 is 0 Å². The van der Waals surface area contributed by atoms with E-state index in [0.29, 0.717) is 11.1 Å². The molecule has 0 bridgehead atoms. The average Bonchev–Trinajstić information content (AvgIpc) is 2.79. The Morgan fingerprint density at radius 2 is 2.19 bits per heavy atom. The Balaban J connectivity index is 2.02. The molecule has 0 aromatic carbocycles. The molecule has 1 aliphatic heterocycles. The fourth-order valence-corrected chi connectivity index (χ4v) is 3.44. The quantitative estimate of drug-likeness (QED) is 0.732. The summed E-state index contributed by atoms with van der Waals surface area (Å²) in [4.78, 5) is 4.63. The Labute approximate surface area is 103 Å². The van der Waals surface area contributed by atoms with Gasteiger partial charge >= 0.3 is 0 Å². The predicted molar refractivity (Wildman–Crippen MR) is 67.3 cm³/mol. The van der Waals surface area contributed by atoms with Crippen LogP contribution in [-0.2, 0) is 0 Å². The largest absolute Gasteiger partial charge is 0.233 e. The highest BCUT2D eigenvalue weighted by atomic mass is 35.5. The van der Waals surface area contributed by atoms with Gasteiger partial charge in [-0.25, -0.2) is 9.50 Å². The van der Waals surface area contributed by atoms with E-state index in [1.807, 2.05) is 23.9 Å². The molecule has 5 heteroatoms. The number of fused-ring (bicyclic) bond motifs is 1. The zero-order valence-corrected chi connectivity index (χ0v) is 10.3. The van der Waals surface area contributed by atoms with Gasteiger partial charge in [-0.15, -0.1) is 0 Å². The molecule has 16 heavy (non-hydrogen) atoms. The topological polar surface area (TPSA) is 30.2 Å². The van der Waals surface area contributed by atoms with Crippen LogP contribution in [0.4, 0.5) is 0 Å². The summed E-state index contributed by atoms with van der Waals surface area (Å²) in [6.07, 6.45) is 4.14. The number of aromatic nitrogens is 3. The maximum atomic E-state index is 6.18. The molecule has 0 radical (unpaired) electrons. The highest BCUT2D eigenvalue weighted by molar-refractivity contribution is 7.99. The van der Waals surface area contributed by atoms with Crippen molar-refractivity contribution in [3.63, 3.8) is 0 Å². The number of halogens is 1. The summed E-state index contributed by atoms with van der Waals surface area (Å²) < 4.78 is 1.67. The van der Waals surface area contributed by atoms with E-state index < -0.39 is 0 Å². The van der Waals surface area contributed by atoms with Gasteiger partial charge in [0.15, 0.2) is 5.65 Å². The Hall–Kier alpha value is -0.740. The van der Waals surface area contributed by atoms with Gasteiger partial charge in [-0.3, -0.25) is 0 Å². The van der Waals surface area contributed by atoms with Gasteiger partial charge in [-0.2, -0.15) is 16.9 Å². The van der Waals surface area contributed by atoms with E-state index in [1.54, 1.807) is 10.7 Å². The Bertz CT molecular complexity index is 505. The van der Waals surface area contributed by atoms with E-state index in [-0.39, 0.29) is 0 Å². The van der Waals surface area contributed by atoms with E-state index in [1.165, 1.54) is 24.3 Å². The minimum absolute atomic E-state index is 0.568. The molecule has 1 saturated heterocycles. The third-order valence-electron chi connectivity index (χ3n) is 2.98. The van der Waals surface area contributed by atoms with Crippen molar-refractivity contribution in [2.45, 2.75) is 18.8 Å². The van der Waals surface area contributed by atoms with Gasteiger partial charge in [-0.05, 0) is 30.4 Å². The molecule has 84 valence electrons. The molecule has 2 aromatic rings. The third-order valence-corrected chi connectivity index (χ3v) is 4.29. The molecule has 0 unspecified atom stereocenters. The first-order chi connectivity index (χ1) is 7.84. The molecular weight excluding hydrogens is 242 g/mol. The SMILES string of the molecule is Clc1cc(C2CCSCC2)nc2ccnn12. The molecule has 0 aliphatic carbocycles. The lowest BCUT2D eigenvalue weighted by molar-refractivity contribution is 0.618. The lowest BCUT2D eigenvalue weighted by Crippen LogP contribution is -2.10. The van der Waals surface area contributed by atoms with Crippen molar-refractivity contribution in [1.29, 1.82) is 0 Å².